The van der Waals surface area contributed by atoms with Crippen LogP contribution < -0.4 is 15.2 Å². The fourth-order valence-corrected chi connectivity index (χ4v) is 2.44. The van der Waals surface area contributed by atoms with E-state index in [1.165, 1.54) is 0 Å². The summed E-state index contributed by atoms with van der Waals surface area (Å²) in [5, 5.41) is 7.19. The van der Waals surface area contributed by atoms with Gasteiger partial charge in [0.25, 0.3) is 0 Å². The van der Waals surface area contributed by atoms with Crippen LogP contribution in [-0.4, -0.2) is 28.9 Å². The molecule has 1 aromatic heterocycles. The number of hydrogen-bond acceptors (Lipinski definition) is 5. The van der Waals surface area contributed by atoms with Crippen molar-refractivity contribution in [2.75, 3.05) is 13.7 Å². The molecule has 1 heterocycles. The fraction of sp³-hybridized carbons (Fsp3) is 0.222. The molecule has 2 aromatic carbocycles. The maximum Gasteiger partial charge on any atom is 0.181 e. The first kappa shape index (κ1) is 16.0. The quantitative estimate of drug-likeness (QED) is 0.728. The van der Waals surface area contributed by atoms with E-state index in [9.17, 15) is 0 Å². The molecule has 0 radical (unpaired) electrons. The van der Waals surface area contributed by atoms with E-state index in [0.29, 0.717) is 29.8 Å². The zero-order valence-corrected chi connectivity index (χ0v) is 13.7. The molecular weight excluding hydrogens is 304 g/mol. The molecule has 1 unspecified atom stereocenters. The lowest BCUT2D eigenvalue weighted by atomic mass is 10.1. The number of aromatic amines is 1. The molecule has 6 heteroatoms. The predicted molar refractivity (Wildman–Crippen MR) is 92.0 cm³/mol. The molecule has 3 N–H and O–H groups in total. The minimum absolute atomic E-state index is 0.350. The number of ether oxygens (including phenoxy) is 2. The zero-order valence-electron chi connectivity index (χ0n) is 13.7. The van der Waals surface area contributed by atoms with Gasteiger partial charge in [0.1, 0.15) is 5.82 Å². The van der Waals surface area contributed by atoms with Gasteiger partial charge in [0, 0.05) is 5.56 Å². The van der Waals surface area contributed by atoms with Crippen LogP contribution in [0.5, 0.6) is 11.5 Å². The van der Waals surface area contributed by atoms with Gasteiger partial charge in [0.2, 0.25) is 0 Å². The number of nitrogens with two attached hydrogens (primary N) is 1. The molecular formula is C18H20N4O2. The van der Waals surface area contributed by atoms with Crippen molar-refractivity contribution in [2.24, 2.45) is 5.73 Å². The van der Waals surface area contributed by atoms with E-state index in [1.807, 2.05) is 55.5 Å². The summed E-state index contributed by atoms with van der Waals surface area (Å²) in [4.78, 5) is 4.52. The molecule has 124 valence electrons. The topological polar surface area (TPSA) is 86.0 Å². The van der Waals surface area contributed by atoms with Gasteiger partial charge in [0.15, 0.2) is 17.3 Å². The van der Waals surface area contributed by atoms with Gasteiger partial charge < -0.3 is 15.2 Å². The van der Waals surface area contributed by atoms with Crippen LogP contribution in [0.4, 0.5) is 0 Å². The Morgan fingerprint density at radius 2 is 1.92 bits per heavy atom. The molecule has 0 saturated heterocycles. The van der Waals surface area contributed by atoms with Crippen molar-refractivity contribution in [3.8, 4) is 22.9 Å². The van der Waals surface area contributed by atoms with Gasteiger partial charge >= 0.3 is 0 Å². The molecule has 0 amide bonds. The first-order chi connectivity index (χ1) is 11.7. The number of nitrogens with zero attached hydrogens (tertiary/aromatic N) is 2. The lowest BCUT2D eigenvalue weighted by Crippen LogP contribution is -2.13. The minimum atomic E-state index is -0.350. The number of hydrogen-bond donors (Lipinski definition) is 2. The Morgan fingerprint density at radius 1 is 1.12 bits per heavy atom. The van der Waals surface area contributed by atoms with Gasteiger partial charge in [0.05, 0.1) is 19.8 Å². The molecule has 3 aromatic rings. The van der Waals surface area contributed by atoms with Crippen molar-refractivity contribution in [2.45, 2.75) is 13.0 Å². The monoisotopic (exact) mass is 324 g/mol. The molecule has 0 bridgehead atoms. The Bertz CT molecular complexity index is 802. The van der Waals surface area contributed by atoms with Gasteiger partial charge in [-0.05, 0) is 30.7 Å². The fourth-order valence-electron chi connectivity index (χ4n) is 2.44. The normalized spacial score (nSPS) is 12.0. The number of aromatic nitrogens is 3. The molecule has 0 aliphatic rings. The maximum atomic E-state index is 6.25. The summed E-state index contributed by atoms with van der Waals surface area (Å²) >= 11 is 0. The first-order valence-corrected chi connectivity index (χ1v) is 7.77. The highest BCUT2D eigenvalue weighted by atomic mass is 16.5. The maximum absolute atomic E-state index is 6.25. The average molecular weight is 324 g/mol. The molecule has 0 spiro atoms. The van der Waals surface area contributed by atoms with Crippen LogP contribution in [0.2, 0.25) is 0 Å². The van der Waals surface area contributed by atoms with Crippen LogP contribution in [0.1, 0.15) is 24.4 Å². The summed E-state index contributed by atoms with van der Waals surface area (Å²) in [6.45, 7) is 2.51. The van der Waals surface area contributed by atoms with Crippen LogP contribution in [0.25, 0.3) is 11.4 Å². The summed E-state index contributed by atoms with van der Waals surface area (Å²) < 4.78 is 10.9. The summed E-state index contributed by atoms with van der Waals surface area (Å²) in [5.74, 6) is 2.52. The van der Waals surface area contributed by atoms with Crippen molar-refractivity contribution in [3.63, 3.8) is 0 Å². The van der Waals surface area contributed by atoms with Gasteiger partial charge in [-0.3, -0.25) is 5.10 Å². The molecule has 0 aliphatic carbocycles. The second kappa shape index (κ2) is 7.14. The molecule has 0 aliphatic heterocycles. The van der Waals surface area contributed by atoms with Crippen molar-refractivity contribution in [3.05, 3.63) is 59.9 Å². The van der Waals surface area contributed by atoms with Crippen LogP contribution in [0, 0.1) is 0 Å². The number of methoxy groups -OCH3 is 1. The average Bonchev–Trinajstić information content (AvgIpc) is 3.12. The number of benzene rings is 2. The largest absolute Gasteiger partial charge is 0.493 e. The molecule has 6 nitrogen and oxygen atoms in total. The van der Waals surface area contributed by atoms with Gasteiger partial charge in [-0.25, -0.2) is 4.98 Å². The van der Waals surface area contributed by atoms with Crippen LogP contribution in [0.15, 0.2) is 48.5 Å². The Kier molecular flexibility index (Phi) is 4.77. The number of nitrogens with one attached hydrogen (secondary N) is 1. The second-order valence-corrected chi connectivity index (χ2v) is 5.23. The van der Waals surface area contributed by atoms with E-state index in [4.69, 9.17) is 15.2 Å². The molecule has 24 heavy (non-hydrogen) atoms. The van der Waals surface area contributed by atoms with Crippen molar-refractivity contribution >= 4 is 0 Å². The number of H-pyrrole nitrogens is 1. The van der Waals surface area contributed by atoms with E-state index in [0.717, 1.165) is 11.1 Å². The third kappa shape index (κ3) is 3.23. The molecule has 3 rings (SSSR count). The molecule has 0 saturated carbocycles. The third-order valence-corrected chi connectivity index (χ3v) is 3.68. The van der Waals surface area contributed by atoms with E-state index in [1.54, 1.807) is 7.11 Å². The summed E-state index contributed by atoms with van der Waals surface area (Å²) in [5.41, 5.74) is 8.06. The minimum Gasteiger partial charge on any atom is -0.493 e. The Labute approximate surface area is 140 Å². The van der Waals surface area contributed by atoms with E-state index < -0.39 is 0 Å². The lowest BCUT2D eigenvalue weighted by molar-refractivity contribution is 0.311. The summed E-state index contributed by atoms with van der Waals surface area (Å²) in [7, 11) is 1.61. The highest BCUT2D eigenvalue weighted by Gasteiger charge is 2.15. The first-order valence-electron chi connectivity index (χ1n) is 7.77. The SMILES string of the molecule is CCOc1ccc(-c2n[nH]c(C(N)c3ccccc3)n2)cc1OC. The van der Waals surface area contributed by atoms with Gasteiger partial charge in [-0.2, -0.15) is 5.10 Å². The smallest absolute Gasteiger partial charge is 0.181 e. The van der Waals surface area contributed by atoms with Gasteiger partial charge in [-0.15, -0.1) is 0 Å². The summed E-state index contributed by atoms with van der Waals surface area (Å²) in [6, 6.07) is 15.0. The van der Waals surface area contributed by atoms with Crippen molar-refractivity contribution in [1.29, 1.82) is 0 Å². The lowest BCUT2D eigenvalue weighted by Gasteiger charge is -2.10. The molecule has 1 atom stereocenters. The van der Waals surface area contributed by atoms with Crippen molar-refractivity contribution in [1.82, 2.24) is 15.2 Å². The summed E-state index contributed by atoms with van der Waals surface area (Å²) in [6.07, 6.45) is 0. The highest BCUT2D eigenvalue weighted by molar-refractivity contribution is 5.61. The third-order valence-electron chi connectivity index (χ3n) is 3.68. The van der Waals surface area contributed by atoms with E-state index in [-0.39, 0.29) is 6.04 Å². The molecule has 0 fully saturated rings. The van der Waals surface area contributed by atoms with Gasteiger partial charge in [-0.1, -0.05) is 30.3 Å². The highest BCUT2D eigenvalue weighted by Crippen LogP contribution is 2.31. The second-order valence-electron chi connectivity index (χ2n) is 5.23. The Balaban J connectivity index is 1.88. The van der Waals surface area contributed by atoms with Crippen LogP contribution in [-0.2, 0) is 0 Å². The van der Waals surface area contributed by atoms with E-state index in [2.05, 4.69) is 15.2 Å². The van der Waals surface area contributed by atoms with Crippen LogP contribution >= 0.6 is 0 Å². The number of rotatable bonds is 6. The van der Waals surface area contributed by atoms with Crippen LogP contribution in [0.3, 0.4) is 0 Å². The Hall–Kier alpha value is -2.86. The van der Waals surface area contributed by atoms with Crippen molar-refractivity contribution < 1.29 is 9.47 Å². The predicted octanol–water partition coefficient (Wildman–Crippen LogP) is 2.93. The zero-order chi connectivity index (χ0) is 16.9. The Morgan fingerprint density at radius 3 is 2.62 bits per heavy atom. The van der Waals surface area contributed by atoms with E-state index >= 15 is 0 Å². The standard InChI is InChI=1S/C18H20N4O2/c1-3-24-14-10-9-13(11-15(14)23-2)17-20-18(22-21-17)16(19)12-7-5-4-6-8-12/h4-11,16H,3,19H2,1-2H3,(H,20,21,22).